The zero-order valence-electron chi connectivity index (χ0n) is 11.3. The van der Waals surface area contributed by atoms with Gasteiger partial charge in [-0.3, -0.25) is 9.59 Å². The Kier molecular flexibility index (Phi) is 7.54. The van der Waals surface area contributed by atoms with E-state index in [0.29, 0.717) is 19.0 Å². The van der Waals surface area contributed by atoms with E-state index in [1.54, 1.807) is 11.9 Å². The topological polar surface area (TPSA) is 75.4 Å². The molecular formula is C12H25N3O2. The van der Waals surface area contributed by atoms with Crippen LogP contribution in [-0.2, 0) is 9.59 Å². The second-order valence-electron chi connectivity index (χ2n) is 4.59. The van der Waals surface area contributed by atoms with Crippen molar-refractivity contribution in [2.24, 2.45) is 17.6 Å². The highest BCUT2D eigenvalue weighted by Crippen LogP contribution is 2.13. The van der Waals surface area contributed by atoms with Gasteiger partial charge >= 0.3 is 0 Å². The van der Waals surface area contributed by atoms with Gasteiger partial charge in [-0.15, -0.1) is 0 Å². The second-order valence-corrected chi connectivity index (χ2v) is 4.59. The summed E-state index contributed by atoms with van der Waals surface area (Å²) in [6, 6.07) is 0. The number of nitrogens with two attached hydrogens (primary N) is 1. The van der Waals surface area contributed by atoms with Crippen LogP contribution in [-0.4, -0.2) is 43.4 Å². The molecule has 0 aliphatic carbocycles. The van der Waals surface area contributed by atoms with Gasteiger partial charge in [0.15, 0.2) is 0 Å². The van der Waals surface area contributed by atoms with Crippen molar-refractivity contribution in [1.29, 1.82) is 0 Å². The Morgan fingerprint density at radius 2 is 1.94 bits per heavy atom. The van der Waals surface area contributed by atoms with Gasteiger partial charge < -0.3 is 16.0 Å². The molecule has 0 saturated carbocycles. The molecule has 0 spiro atoms. The van der Waals surface area contributed by atoms with Crippen molar-refractivity contribution in [2.45, 2.75) is 27.2 Å². The van der Waals surface area contributed by atoms with Crippen LogP contribution in [0, 0.1) is 11.8 Å². The molecule has 0 aromatic heterocycles. The number of nitrogens with zero attached hydrogens (tertiary/aromatic N) is 1. The summed E-state index contributed by atoms with van der Waals surface area (Å²) in [5.41, 5.74) is 5.63. The normalized spacial score (nSPS) is 12.4. The van der Waals surface area contributed by atoms with Gasteiger partial charge in [-0.1, -0.05) is 13.8 Å². The van der Waals surface area contributed by atoms with Crippen LogP contribution in [0.5, 0.6) is 0 Å². The molecule has 0 heterocycles. The summed E-state index contributed by atoms with van der Waals surface area (Å²) in [7, 11) is 1.56. The Morgan fingerprint density at radius 3 is 2.29 bits per heavy atom. The molecule has 0 aliphatic heterocycles. The molecule has 0 bridgehead atoms. The van der Waals surface area contributed by atoms with Crippen molar-refractivity contribution in [2.75, 3.05) is 26.7 Å². The maximum atomic E-state index is 12.2. The van der Waals surface area contributed by atoms with Gasteiger partial charge in [-0.05, 0) is 19.3 Å². The molecule has 1 atom stereocenters. The van der Waals surface area contributed by atoms with Crippen molar-refractivity contribution in [3.8, 4) is 0 Å². The first-order chi connectivity index (χ1) is 7.96. The summed E-state index contributed by atoms with van der Waals surface area (Å²) in [5.74, 6) is 0.0682. The maximum Gasteiger partial charge on any atom is 0.239 e. The Bertz CT molecular complexity index is 254. The third-order valence-electron chi connectivity index (χ3n) is 2.70. The van der Waals surface area contributed by atoms with Gasteiger partial charge in [-0.2, -0.15) is 0 Å². The zero-order valence-corrected chi connectivity index (χ0v) is 11.3. The molecule has 0 rings (SSSR count). The van der Waals surface area contributed by atoms with E-state index in [-0.39, 0.29) is 24.3 Å². The van der Waals surface area contributed by atoms with Gasteiger partial charge in [0, 0.05) is 20.1 Å². The standard InChI is InChI=1S/C12H25N3O2/c1-5-15(8-11(16)14-4)12(17)10(7-13)6-9(2)3/h9-10H,5-8,13H2,1-4H3,(H,14,16). The Balaban J connectivity index is 4.53. The van der Waals surface area contributed by atoms with Crippen LogP contribution >= 0.6 is 0 Å². The highest BCUT2D eigenvalue weighted by Gasteiger charge is 2.24. The predicted molar refractivity (Wildman–Crippen MR) is 68.3 cm³/mol. The highest BCUT2D eigenvalue weighted by atomic mass is 16.2. The van der Waals surface area contributed by atoms with Crippen molar-refractivity contribution in [3.63, 3.8) is 0 Å². The minimum Gasteiger partial charge on any atom is -0.358 e. The minimum atomic E-state index is -0.181. The number of hydrogen-bond donors (Lipinski definition) is 2. The lowest BCUT2D eigenvalue weighted by molar-refractivity contribution is -0.139. The van der Waals surface area contributed by atoms with E-state index in [4.69, 9.17) is 5.73 Å². The molecule has 0 aromatic carbocycles. The van der Waals surface area contributed by atoms with Gasteiger partial charge in [0.1, 0.15) is 0 Å². The summed E-state index contributed by atoms with van der Waals surface area (Å²) in [4.78, 5) is 25.0. The van der Waals surface area contributed by atoms with E-state index in [2.05, 4.69) is 19.2 Å². The lowest BCUT2D eigenvalue weighted by Gasteiger charge is -2.25. The summed E-state index contributed by atoms with van der Waals surface area (Å²) >= 11 is 0. The van der Waals surface area contributed by atoms with E-state index >= 15 is 0 Å². The van der Waals surface area contributed by atoms with Gasteiger partial charge in [0.05, 0.1) is 12.5 Å². The van der Waals surface area contributed by atoms with Gasteiger partial charge in [0.25, 0.3) is 0 Å². The van der Waals surface area contributed by atoms with Crippen molar-refractivity contribution < 1.29 is 9.59 Å². The van der Waals surface area contributed by atoms with Crippen molar-refractivity contribution in [3.05, 3.63) is 0 Å². The number of carbonyl (C=O) groups excluding carboxylic acids is 2. The molecule has 1 unspecified atom stereocenters. The fraction of sp³-hybridized carbons (Fsp3) is 0.833. The zero-order chi connectivity index (χ0) is 13.4. The monoisotopic (exact) mass is 243 g/mol. The summed E-state index contributed by atoms with van der Waals surface area (Å²) in [5, 5.41) is 2.52. The number of nitrogens with one attached hydrogen (secondary N) is 1. The van der Waals surface area contributed by atoms with Crippen molar-refractivity contribution in [1.82, 2.24) is 10.2 Å². The van der Waals surface area contributed by atoms with Crippen LogP contribution in [0.25, 0.3) is 0 Å². The lowest BCUT2D eigenvalue weighted by atomic mass is 9.96. The number of likely N-dealkylation sites (N-methyl/N-ethyl adjacent to an activating group) is 2. The summed E-state index contributed by atoms with van der Waals surface area (Å²) in [6.07, 6.45) is 0.763. The molecule has 2 amide bonds. The first-order valence-electron chi connectivity index (χ1n) is 6.15. The van der Waals surface area contributed by atoms with Crippen LogP contribution < -0.4 is 11.1 Å². The maximum absolute atomic E-state index is 12.2. The van der Waals surface area contributed by atoms with E-state index in [1.807, 2.05) is 6.92 Å². The minimum absolute atomic E-state index is 0.0210. The molecule has 100 valence electrons. The fourth-order valence-corrected chi connectivity index (χ4v) is 1.72. The largest absolute Gasteiger partial charge is 0.358 e. The Labute approximate surface area is 104 Å². The van der Waals surface area contributed by atoms with Crippen LogP contribution in [0.3, 0.4) is 0 Å². The molecule has 17 heavy (non-hydrogen) atoms. The molecule has 0 saturated heterocycles. The van der Waals surface area contributed by atoms with Crippen LogP contribution in [0.2, 0.25) is 0 Å². The lowest BCUT2D eigenvalue weighted by Crippen LogP contribution is -2.44. The number of amides is 2. The predicted octanol–water partition coefficient (Wildman–Crippen LogP) is 0.202. The molecule has 0 aromatic rings. The molecular weight excluding hydrogens is 218 g/mol. The summed E-state index contributed by atoms with van der Waals surface area (Å²) in [6.45, 7) is 6.96. The molecule has 5 heteroatoms. The molecule has 0 aliphatic rings. The summed E-state index contributed by atoms with van der Waals surface area (Å²) < 4.78 is 0. The van der Waals surface area contributed by atoms with Crippen LogP contribution in [0.15, 0.2) is 0 Å². The Morgan fingerprint density at radius 1 is 1.35 bits per heavy atom. The number of rotatable bonds is 7. The third kappa shape index (κ3) is 5.68. The Hall–Kier alpha value is -1.10. The van der Waals surface area contributed by atoms with E-state index in [0.717, 1.165) is 6.42 Å². The number of carbonyl (C=O) groups is 2. The van der Waals surface area contributed by atoms with Crippen LogP contribution in [0.4, 0.5) is 0 Å². The SMILES string of the molecule is CCN(CC(=O)NC)C(=O)C(CN)CC(C)C. The molecule has 0 fully saturated rings. The first-order valence-corrected chi connectivity index (χ1v) is 6.15. The van der Waals surface area contributed by atoms with Gasteiger partial charge in [0.2, 0.25) is 11.8 Å². The van der Waals surface area contributed by atoms with E-state index in [9.17, 15) is 9.59 Å². The van der Waals surface area contributed by atoms with Crippen LogP contribution in [0.1, 0.15) is 27.2 Å². The third-order valence-corrected chi connectivity index (χ3v) is 2.70. The average molecular weight is 243 g/mol. The molecule has 3 N–H and O–H groups in total. The van der Waals surface area contributed by atoms with E-state index in [1.165, 1.54) is 0 Å². The number of hydrogen-bond acceptors (Lipinski definition) is 3. The fourth-order valence-electron chi connectivity index (χ4n) is 1.72. The average Bonchev–Trinajstić information content (AvgIpc) is 2.31. The van der Waals surface area contributed by atoms with Crippen molar-refractivity contribution >= 4 is 11.8 Å². The highest BCUT2D eigenvalue weighted by molar-refractivity contribution is 5.85. The second kappa shape index (κ2) is 8.06. The van der Waals surface area contributed by atoms with E-state index < -0.39 is 0 Å². The quantitative estimate of drug-likeness (QED) is 0.671. The molecule has 0 radical (unpaired) electrons. The smallest absolute Gasteiger partial charge is 0.239 e. The van der Waals surface area contributed by atoms with Gasteiger partial charge in [-0.25, -0.2) is 0 Å². The molecule has 5 nitrogen and oxygen atoms in total. The first kappa shape index (κ1) is 15.9.